The van der Waals surface area contributed by atoms with Crippen LogP contribution in [0.5, 0.6) is 0 Å². The molecule has 0 radical (unpaired) electrons. The van der Waals surface area contributed by atoms with Gasteiger partial charge in [0, 0.05) is 31.9 Å². The van der Waals surface area contributed by atoms with Crippen molar-refractivity contribution in [2.45, 2.75) is 51.6 Å². The molecule has 122 valence electrons. The van der Waals surface area contributed by atoms with Gasteiger partial charge in [0.15, 0.2) is 0 Å². The SMILES string of the molecule is Cc1ncc(C(=O)N2CCN(C3CC3)C(C#N)C2)c(C(C)C)n1. The molecule has 23 heavy (non-hydrogen) atoms. The zero-order chi connectivity index (χ0) is 16.6. The Morgan fingerprint density at radius 2 is 2.13 bits per heavy atom. The van der Waals surface area contributed by atoms with E-state index in [1.165, 1.54) is 12.8 Å². The third kappa shape index (κ3) is 3.20. The van der Waals surface area contributed by atoms with Gasteiger partial charge in [-0.3, -0.25) is 9.69 Å². The van der Waals surface area contributed by atoms with Crippen molar-refractivity contribution in [1.29, 1.82) is 5.26 Å². The molecule has 1 aliphatic carbocycles. The first-order valence-corrected chi connectivity index (χ1v) is 8.29. The fourth-order valence-corrected chi connectivity index (χ4v) is 3.20. The number of aromatic nitrogens is 2. The maximum Gasteiger partial charge on any atom is 0.257 e. The Morgan fingerprint density at radius 3 is 2.74 bits per heavy atom. The second-order valence-electron chi connectivity index (χ2n) is 6.74. The first kappa shape index (κ1) is 15.9. The average molecular weight is 313 g/mol. The summed E-state index contributed by atoms with van der Waals surface area (Å²) in [5, 5.41) is 9.43. The second-order valence-corrected chi connectivity index (χ2v) is 6.74. The van der Waals surface area contributed by atoms with Gasteiger partial charge in [0.25, 0.3) is 5.91 Å². The van der Waals surface area contributed by atoms with E-state index >= 15 is 0 Å². The summed E-state index contributed by atoms with van der Waals surface area (Å²) < 4.78 is 0. The van der Waals surface area contributed by atoms with Crippen LogP contribution in [0.1, 0.15) is 54.5 Å². The molecular weight excluding hydrogens is 290 g/mol. The third-order valence-electron chi connectivity index (χ3n) is 4.59. The molecule has 0 N–H and O–H groups in total. The molecule has 1 saturated heterocycles. The standard InChI is InChI=1S/C17H23N5O/c1-11(2)16-15(9-19-12(3)20-16)17(23)21-6-7-22(13-4-5-13)14(8-18)10-21/h9,11,13-14H,4-7,10H2,1-3H3. The van der Waals surface area contributed by atoms with Gasteiger partial charge >= 0.3 is 0 Å². The number of rotatable bonds is 3. The third-order valence-corrected chi connectivity index (χ3v) is 4.59. The lowest BCUT2D eigenvalue weighted by Crippen LogP contribution is -2.55. The molecule has 2 heterocycles. The van der Waals surface area contributed by atoms with E-state index in [1.807, 2.05) is 20.8 Å². The van der Waals surface area contributed by atoms with E-state index in [-0.39, 0.29) is 17.9 Å². The predicted octanol–water partition coefficient (Wildman–Crippen LogP) is 1.72. The summed E-state index contributed by atoms with van der Waals surface area (Å²) in [6.45, 7) is 7.80. The van der Waals surface area contributed by atoms with Crippen LogP contribution in [0.4, 0.5) is 0 Å². The van der Waals surface area contributed by atoms with Crippen LogP contribution in [0.15, 0.2) is 6.20 Å². The Hall–Kier alpha value is -2.00. The Labute approximate surface area is 137 Å². The molecule has 3 rings (SSSR count). The quantitative estimate of drug-likeness (QED) is 0.849. The van der Waals surface area contributed by atoms with Gasteiger partial charge in [-0.2, -0.15) is 5.26 Å². The highest BCUT2D eigenvalue weighted by Gasteiger charge is 2.39. The summed E-state index contributed by atoms with van der Waals surface area (Å²) in [4.78, 5) is 25.6. The molecule has 1 atom stereocenters. The van der Waals surface area contributed by atoms with E-state index in [1.54, 1.807) is 11.1 Å². The number of amides is 1. The van der Waals surface area contributed by atoms with Crippen molar-refractivity contribution in [2.24, 2.45) is 0 Å². The summed E-state index contributed by atoms with van der Waals surface area (Å²) in [6.07, 6.45) is 3.99. The Bertz CT molecular complexity index is 647. The fraction of sp³-hybridized carbons (Fsp3) is 0.647. The number of nitrogens with zero attached hydrogens (tertiary/aromatic N) is 5. The van der Waals surface area contributed by atoms with E-state index in [2.05, 4.69) is 20.9 Å². The number of aryl methyl sites for hydroxylation is 1. The van der Waals surface area contributed by atoms with Gasteiger partial charge in [0.2, 0.25) is 0 Å². The summed E-state index contributed by atoms with van der Waals surface area (Å²) in [5.74, 6) is 0.790. The molecule has 2 aliphatic rings. The molecule has 0 spiro atoms. The highest BCUT2D eigenvalue weighted by Crippen LogP contribution is 2.30. The molecule has 0 aromatic carbocycles. The van der Waals surface area contributed by atoms with E-state index in [0.717, 1.165) is 12.2 Å². The van der Waals surface area contributed by atoms with Gasteiger partial charge in [0.05, 0.1) is 17.3 Å². The minimum Gasteiger partial charge on any atom is -0.335 e. The van der Waals surface area contributed by atoms with E-state index in [9.17, 15) is 10.1 Å². The van der Waals surface area contributed by atoms with Crippen molar-refractivity contribution >= 4 is 5.91 Å². The molecular formula is C17H23N5O. The molecule has 1 aromatic heterocycles. The topological polar surface area (TPSA) is 73.1 Å². The minimum absolute atomic E-state index is 0.0515. The van der Waals surface area contributed by atoms with Gasteiger partial charge in [-0.1, -0.05) is 13.8 Å². The van der Waals surface area contributed by atoms with Crippen LogP contribution in [-0.2, 0) is 0 Å². The largest absolute Gasteiger partial charge is 0.335 e. The lowest BCUT2D eigenvalue weighted by atomic mass is 10.0. The lowest BCUT2D eigenvalue weighted by Gasteiger charge is -2.38. The summed E-state index contributed by atoms with van der Waals surface area (Å²) in [5.41, 5.74) is 1.36. The zero-order valence-electron chi connectivity index (χ0n) is 14.0. The highest BCUT2D eigenvalue weighted by molar-refractivity contribution is 5.95. The van der Waals surface area contributed by atoms with Crippen molar-refractivity contribution in [1.82, 2.24) is 19.8 Å². The smallest absolute Gasteiger partial charge is 0.257 e. The molecule has 1 saturated carbocycles. The van der Waals surface area contributed by atoms with E-state index < -0.39 is 0 Å². The number of carbonyl (C=O) groups is 1. The van der Waals surface area contributed by atoms with Crippen LogP contribution >= 0.6 is 0 Å². The van der Waals surface area contributed by atoms with Gasteiger partial charge in [-0.25, -0.2) is 9.97 Å². The molecule has 0 bridgehead atoms. The highest BCUT2D eigenvalue weighted by atomic mass is 16.2. The van der Waals surface area contributed by atoms with Crippen LogP contribution in [0.25, 0.3) is 0 Å². The number of carbonyl (C=O) groups excluding carboxylic acids is 1. The van der Waals surface area contributed by atoms with Crippen LogP contribution < -0.4 is 0 Å². The van der Waals surface area contributed by atoms with Crippen LogP contribution in [0, 0.1) is 18.3 Å². The monoisotopic (exact) mass is 313 g/mol. The van der Waals surface area contributed by atoms with Gasteiger partial charge in [0.1, 0.15) is 11.9 Å². The average Bonchev–Trinajstić information content (AvgIpc) is 3.38. The van der Waals surface area contributed by atoms with Crippen molar-refractivity contribution in [3.63, 3.8) is 0 Å². The van der Waals surface area contributed by atoms with Gasteiger partial charge in [-0.05, 0) is 25.7 Å². The Kier molecular flexibility index (Phi) is 4.31. The lowest BCUT2D eigenvalue weighted by molar-refractivity contribution is 0.0548. The normalized spacial score (nSPS) is 22.2. The second kappa shape index (κ2) is 6.25. The van der Waals surface area contributed by atoms with Crippen molar-refractivity contribution < 1.29 is 4.79 Å². The van der Waals surface area contributed by atoms with Crippen LogP contribution in [0.3, 0.4) is 0 Å². The Morgan fingerprint density at radius 1 is 1.39 bits per heavy atom. The number of hydrogen-bond acceptors (Lipinski definition) is 5. The maximum atomic E-state index is 12.9. The summed E-state index contributed by atoms with van der Waals surface area (Å²) in [7, 11) is 0. The Balaban J connectivity index is 1.80. The minimum atomic E-state index is -0.200. The zero-order valence-corrected chi connectivity index (χ0v) is 14.0. The summed E-state index contributed by atoms with van der Waals surface area (Å²) >= 11 is 0. The fourth-order valence-electron chi connectivity index (χ4n) is 3.20. The van der Waals surface area contributed by atoms with E-state index in [4.69, 9.17) is 0 Å². The van der Waals surface area contributed by atoms with Crippen molar-refractivity contribution in [3.8, 4) is 6.07 Å². The molecule has 6 nitrogen and oxygen atoms in total. The molecule has 1 unspecified atom stereocenters. The van der Waals surface area contributed by atoms with Gasteiger partial charge in [-0.15, -0.1) is 0 Å². The first-order chi connectivity index (χ1) is 11.0. The van der Waals surface area contributed by atoms with E-state index in [0.29, 0.717) is 30.5 Å². The molecule has 6 heteroatoms. The van der Waals surface area contributed by atoms with Crippen LogP contribution in [-0.4, -0.2) is 57.4 Å². The number of piperazine rings is 1. The van der Waals surface area contributed by atoms with Crippen molar-refractivity contribution in [2.75, 3.05) is 19.6 Å². The van der Waals surface area contributed by atoms with Gasteiger partial charge < -0.3 is 4.90 Å². The van der Waals surface area contributed by atoms with Crippen molar-refractivity contribution in [3.05, 3.63) is 23.3 Å². The number of nitriles is 1. The molecule has 1 amide bonds. The van der Waals surface area contributed by atoms with Crippen LogP contribution in [0.2, 0.25) is 0 Å². The number of hydrogen-bond donors (Lipinski definition) is 0. The maximum absolute atomic E-state index is 12.9. The summed E-state index contributed by atoms with van der Waals surface area (Å²) in [6, 6.07) is 2.71. The molecule has 2 fully saturated rings. The first-order valence-electron chi connectivity index (χ1n) is 8.29. The predicted molar refractivity (Wildman–Crippen MR) is 85.9 cm³/mol. The molecule has 1 aliphatic heterocycles. The molecule has 1 aromatic rings.